The van der Waals surface area contributed by atoms with Crippen LogP contribution in [0.4, 0.5) is 0 Å². The number of nitrogens with zero attached hydrogens (tertiary/aromatic N) is 2. The van der Waals surface area contributed by atoms with Crippen molar-refractivity contribution in [2.45, 2.75) is 59.0 Å². The van der Waals surface area contributed by atoms with Crippen molar-refractivity contribution in [1.29, 1.82) is 0 Å². The van der Waals surface area contributed by atoms with E-state index in [0.717, 1.165) is 25.1 Å². The number of carbonyl (C=O) groups is 1. The molecule has 0 spiro atoms. The molecule has 17 heavy (non-hydrogen) atoms. The molecule has 0 bridgehead atoms. The van der Waals surface area contributed by atoms with Gasteiger partial charge in [-0.3, -0.25) is 4.79 Å². The number of nitrogens with one attached hydrogen (secondary N) is 1. The number of rotatable bonds is 6. The van der Waals surface area contributed by atoms with Gasteiger partial charge in [-0.2, -0.15) is 0 Å². The number of carbonyl (C=O) groups excluding carboxylic acids is 1. The molecule has 0 aliphatic carbocycles. The number of hydrogen-bond acceptors (Lipinski definition) is 2. The predicted molar refractivity (Wildman–Crippen MR) is 68.8 cm³/mol. The first-order valence-electron chi connectivity index (χ1n) is 6.42. The molecule has 0 saturated heterocycles. The lowest BCUT2D eigenvalue weighted by Gasteiger charge is -2.19. The molecule has 0 aliphatic rings. The summed E-state index contributed by atoms with van der Waals surface area (Å²) in [4.78, 5) is 16.3. The monoisotopic (exact) mass is 237 g/mol. The van der Waals surface area contributed by atoms with Crippen molar-refractivity contribution in [3.8, 4) is 0 Å². The maximum atomic E-state index is 12.0. The molecule has 0 aromatic carbocycles. The van der Waals surface area contributed by atoms with Crippen molar-refractivity contribution in [1.82, 2.24) is 14.9 Å². The first kappa shape index (κ1) is 13.7. The summed E-state index contributed by atoms with van der Waals surface area (Å²) in [7, 11) is 0. The molecule has 1 N–H and O–H groups in total. The van der Waals surface area contributed by atoms with E-state index in [1.165, 1.54) is 0 Å². The first-order valence-corrected chi connectivity index (χ1v) is 6.42. The Labute approximate surface area is 103 Å². The summed E-state index contributed by atoms with van der Waals surface area (Å²) >= 11 is 0. The number of aromatic nitrogens is 2. The lowest BCUT2D eigenvalue weighted by atomic mass is 10.2. The zero-order chi connectivity index (χ0) is 12.8. The third-order valence-electron chi connectivity index (χ3n) is 3.02. The van der Waals surface area contributed by atoms with E-state index in [4.69, 9.17) is 0 Å². The van der Waals surface area contributed by atoms with E-state index in [9.17, 15) is 4.79 Å². The van der Waals surface area contributed by atoms with Crippen LogP contribution in [0.25, 0.3) is 0 Å². The second-order valence-electron chi connectivity index (χ2n) is 4.49. The summed E-state index contributed by atoms with van der Waals surface area (Å²) < 4.78 is 1.96. The van der Waals surface area contributed by atoms with E-state index < -0.39 is 0 Å². The predicted octanol–water partition coefficient (Wildman–Crippen LogP) is 2.31. The van der Waals surface area contributed by atoms with Gasteiger partial charge in [0.25, 0.3) is 0 Å². The molecule has 1 amide bonds. The Hall–Kier alpha value is -1.32. The highest BCUT2D eigenvalue weighted by atomic mass is 16.2. The minimum absolute atomic E-state index is 0.0645. The summed E-state index contributed by atoms with van der Waals surface area (Å²) in [5.41, 5.74) is 0. The smallest absolute Gasteiger partial charge is 0.243 e. The van der Waals surface area contributed by atoms with Gasteiger partial charge in [-0.05, 0) is 26.7 Å². The summed E-state index contributed by atoms with van der Waals surface area (Å²) in [6.07, 6.45) is 6.54. The van der Waals surface area contributed by atoms with Gasteiger partial charge in [0.05, 0.1) is 0 Å². The summed E-state index contributed by atoms with van der Waals surface area (Å²) in [5.74, 6) is 1.05. The maximum absolute atomic E-state index is 12.0. The fourth-order valence-corrected chi connectivity index (χ4v) is 1.71. The average molecular weight is 237 g/mol. The molecule has 4 heteroatoms. The van der Waals surface area contributed by atoms with Gasteiger partial charge >= 0.3 is 0 Å². The topological polar surface area (TPSA) is 46.9 Å². The Bertz CT molecular complexity index is 359. The minimum Gasteiger partial charge on any atom is -0.352 e. The molecule has 0 fully saturated rings. The standard InChI is InChI=1S/C13H23N3O/c1-5-7-12-14-8-9-16(12)11(4)13(17)15-10(3)6-2/h8-11H,5-7H2,1-4H3,(H,15,17). The quantitative estimate of drug-likeness (QED) is 0.825. The lowest BCUT2D eigenvalue weighted by Crippen LogP contribution is -2.37. The normalized spacial score (nSPS) is 14.4. The van der Waals surface area contributed by atoms with Gasteiger partial charge < -0.3 is 9.88 Å². The SMILES string of the molecule is CCCc1nccn1C(C)C(=O)NC(C)CC. The molecular weight excluding hydrogens is 214 g/mol. The van der Waals surface area contributed by atoms with Crippen LogP contribution < -0.4 is 5.32 Å². The van der Waals surface area contributed by atoms with Crippen LogP contribution in [-0.2, 0) is 11.2 Å². The molecule has 1 rings (SSSR count). The molecule has 1 aromatic rings. The summed E-state index contributed by atoms with van der Waals surface area (Å²) in [6.45, 7) is 8.11. The molecular formula is C13H23N3O. The molecule has 4 nitrogen and oxygen atoms in total. The highest BCUT2D eigenvalue weighted by Gasteiger charge is 2.18. The zero-order valence-corrected chi connectivity index (χ0v) is 11.2. The average Bonchev–Trinajstić information content (AvgIpc) is 2.76. The fourth-order valence-electron chi connectivity index (χ4n) is 1.71. The Morgan fingerprint density at radius 1 is 1.47 bits per heavy atom. The van der Waals surface area contributed by atoms with Crippen LogP contribution in [0.3, 0.4) is 0 Å². The van der Waals surface area contributed by atoms with Gasteiger partial charge in [0.15, 0.2) is 0 Å². The Balaban J connectivity index is 2.70. The molecule has 1 aromatic heterocycles. The van der Waals surface area contributed by atoms with Gasteiger partial charge in [0.2, 0.25) is 5.91 Å². The van der Waals surface area contributed by atoms with E-state index in [2.05, 4.69) is 24.1 Å². The maximum Gasteiger partial charge on any atom is 0.243 e. The third kappa shape index (κ3) is 3.58. The molecule has 1 heterocycles. The van der Waals surface area contributed by atoms with Crippen LogP contribution in [0.1, 0.15) is 52.4 Å². The van der Waals surface area contributed by atoms with Crippen molar-refractivity contribution in [3.63, 3.8) is 0 Å². The van der Waals surface area contributed by atoms with E-state index in [0.29, 0.717) is 0 Å². The molecule has 0 aliphatic heterocycles. The van der Waals surface area contributed by atoms with Gasteiger partial charge in [-0.1, -0.05) is 13.8 Å². The Kier molecular flexibility index (Phi) is 5.19. The second-order valence-corrected chi connectivity index (χ2v) is 4.49. The van der Waals surface area contributed by atoms with Gasteiger partial charge in [-0.25, -0.2) is 4.98 Å². The van der Waals surface area contributed by atoms with Crippen molar-refractivity contribution in [2.24, 2.45) is 0 Å². The van der Waals surface area contributed by atoms with E-state index in [1.807, 2.05) is 24.6 Å². The zero-order valence-electron chi connectivity index (χ0n) is 11.2. The molecule has 0 radical (unpaired) electrons. The van der Waals surface area contributed by atoms with E-state index in [-0.39, 0.29) is 18.0 Å². The summed E-state index contributed by atoms with van der Waals surface area (Å²) in [5, 5.41) is 3.00. The van der Waals surface area contributed by atoms with E-state index in [1.54, 1.807) is 6.20 Å². The largest absolute Gasteiger partial charge is 0.352 e. The molecule has 0 saturated carbocycles. The van der Waals surface area contributed by atoms with Crippen molar-refractivity contribution in [2.75, 3.05) is 0 Å². The highest BCUT2D eigenvalue weighted by molar-refractivity contribution is 5.80. The Morgan fingerprint density at radius 2 is 2.18 bits per heavy atom. The summed E-state index contributed by atoms with van der Waals surface area (Å²) in [6, 6.07) is 0.0381. The van der Waals surface area contributed by atoms with Crippen LogP contribution in [0, 0.1) is 0 Å². The van der Waals surface area contributed by atoms with E-state index >= 15 is 0 Å². The van der Waals surface area contributed by atoms with Crippen molar-refractivity contribution < 1.29 is 4.79 Å². The first-order chi connectivity index (χ1) is 8.10. The van der Waals surface area contributed by atoms with Crippen LogP contribution in [0.15, 0.2) is 12.4 Å². The second kappa shape index (κ2) is 6.42. The highest BCUT2D eigenvalue weighted by Crippen LogP contribution is 2.11. The number of amides is 1. The number of imidazole rings is 1. The fraction of sp³-hybridized carbons (Fsp3) is 0.692. The van der Waals surface area contributed by atoms with Crippen LogP contribution in [-0.4, -0.2) is 21.5 Å². The lowest BCUT2D eigenvalue weighted by molar-refractivity contribution is -0.124. The number of aryl methyl sites for hydroxylation is 1. The van der Waals surface area contributed by atoms with Gasteiger partial charge in [0, 0.05) is 24.9 Å². The molecule has 2 unspecified atom stereocenters. The van der Waals surface area contributed by atoms with Crippen LogP contribution in [0.5, 0.6) is 0 Å². The van der Waals surface area contributed by atoms with Crippen LogP contribution >= 0.6 is 0 Å². The number of hydrogen-bond donors (Lipinski definition) is 1. The van der Waals surface area contributed by atoms with Gasteiger partial charge in [-0.15, -0.1) is 0 Å². The van der Waals surface area contributed by atoms with Crippen molar-refractivity contribution in [3.05, 3.63) is 18.2 Å². The third-order valence-corrected chi connectivity index (χ3v) is 3.02. The molecule has 96 valence electrons. The minimum atomic E-state index is -0.187. The van der Waals surface area contributed by atoms with Crippen LogP contribution in [0.2, 0.25) is 0 Å². The van der Waals surface area contributed by atoms with Gasteiger partial charge in [0.1, 0.15) is 11.9 Å². The molecule has 2 atom stereocenters. The Morgan fingerprint density at radius 3 is 2.76 bits per heavy atom. The van der Waals surface area contributed by atoms with Crippen molar-refractivity contribution >= 4 is 5.91 Å².